The third-order valence-corrected chi connectivity index (χ3v) is 5.77. The zero-order chi connectivity index (χ0) is 22.0. The molecule has 1 aliphatic rings. The van der Waals surface area contributed by atoms with E-state index in [0.717, 1.165) is 6.07 Å². The van der Waals surface area contributed by atoms with Gasteiger partial charge in [-0.05, 0) is 60.7 Å². The molecule has 0 atom stereocenters. The lowest BCUT2D eigenvalue weighted by Gasteiger charge is -2.18. The van der Waals surface area contributed by atoms with Crippen LogP contribution in [0.5, 0.6) is 5.75 Å². The molecule has 3 aromatic carbocycles. The van der Waals surface area contributed by atoms with Gasteiger partial charge in [-0.3, -0.25) is 14.3 Å². The predicted molar refractivity (Wildman–Crippen MR) is 112 cm³/mol. The van der Waals surface area contributed by atoms with Crippen LogP contribution in [0.15, 0.2) is 71.6 Å². The van der Waals surface area contributed by atoms with Crippen molar-refractivity contribution in [1.29, 1.82) is 0 Å². The zero-order valence-electron chi connectivity index (χ0n) is 15.9. The van der Waals surface area contributed by atoms with Gasteiger partial charge in [-0.25, -0.2) is 12.8 Å². The highest BCUT2D eigenvalue weighted by Gasteiger charge is 2.18. The van der Waals surface area contributed by atoms with Crippen molar-refractivity contribution in [1.82, 2.24) is 0 Å². The highest BCUT2D eigenvalue weighted by molar-refractivity contribution is 7.92. The van der Waals surface area contributed by atoms with Crippen molar-refractivity contribution in [2.75, 3.05) is 22.0 Å². The van der Waals surface area contributed by atoms with Crippen molar-refractivity contribution in [2.24, 2.45) is 0 Å². The Kier molecular flexibility index (Phi) is 5.30. The lowest BCUT2D eigenvalue weighted by Crippen LogP contribution is -2.25. The van der Waals surface area contributed by atoms with Gasteiger partial charge in [0.2, 0.25) is 0 Å². The van der Waals surface area contributed by atoms with E-state index >= 15 is 0 Å². The average molecular weight is 441 g/mol. The van der Waals surface area contributed by atoms with E-state index in [9.17, 15) is 22.4 Å². The fourth-order valence-corrected chi connectivity index (χ4v) is 3.96. The van der Waals surface area contributed by atoms with Crippen LogP contribution in [0.4, 0.5) is 21.5 Å². The largest absolute Gasteiger partial charge is 0.482 e. The van der Waals surface area contributed by atoms with E-state index < -0.39 is 21.7 Å². The molecule has 3 N–H and O–H groups in total. The minimum atomic E-state index is -3.93. The molecule has 0 spiro atoms. The minimum absolute atomic E-state index is 0.0524. The number of ether oxygens (including phenoxy) is 1. The summed E-state index contributed by atoms with van der Waals surface area (Å²) < 4.78 is 45.7. The smallest absolute Gasteiger partial charge is 0.262 e. The van der Waals surface area contributed by atoms with Gasteiger partial charge in [0.25, 0.3) is 21.8 Å². The summed E-state index contributed by atoms with van der Waals surface area (Å²) in [4.78, 5) is 23.9. The normalized spacial score (nSPS) is 12.9. The molecule has 0 aliphatic carbocycles. The van der Waals surface area contributed by atoms with Crippen molar-refractivity contribution in [3.63, 3.8) is 0 Å². The van der Waals surface area contributed by atoms with Gasteiger partial charge in [0.05, 0.1) is 16.3 Å². The summed E-state index contributed by atoms with van der Waals surface area (Å²) in [6.45, 7) is -0.0815. The second-order valence-corrected chi connectivity index (χ2v) is 8.32. The summed E-state index contributed by atoms with van der Waals surface area (Å²) in [5.74, 6) is -0.854. The first-order chi connectivity index (χ1) is 14.8. The molecule has 4 rings (SSSR count). The predicted octanol–water partition coefficient (Wildman–Crippen LogP) is 3.21. The van der Waals surface area contributed by atoms with E-state index in [2.05, 4.69) is 15.4 Å². The van der Waals surface area contributed by atoms with Crippen LogP contribution in [-0.2, 0) is 14.8 Å². The maximum absolute atomic E-state index is 13.3. The van der Waals surface area contributed by atoms with Gasteiger partial charge in [0, 0.05) is 11.3 Å². The molecule has 8 nitrogen and oxygen atoms in total. The molecule has 1 heterocycles. The van der Waals surface area contributed by atoms with E-state index in [1.54, 1.807) is 12.1 Å². The second-order valence-electron chi connectivity index (χ2n) is 6.64. The summed E-state index contributed by atoms with van der Waals surface area (Å²) >= 11 is 0. The SMILES string of the molecule is O=C1COc2ccc(C(=O)Nc3ccc(S(=O)(=O)Nc4cccc(F)c4)cc3)cc2N1. The van der Waals surface area contributed by atoms with Gasteiger partial charge in [-0.15, -0.1) is 0 Å². The second kappa shape index (κ2) is 8.07. The third kappa shape index (κ3) is 4.64. The molecular formula is C21H16FN3O5S. The van der Waals surface area contributed by atoms with Crippen LogP contribution in [0.1, 0.15) is 10.4 Å². The van der Waals surface area contributed by atoms with E-state index in [1.807, 2.05) is 0 Å². The fourth-order valence-electron chi connectivity index (χ4n) is 2.91. The number of sulfonamides is 1. The quantitative estimate of drug-likeness (QED) is 0.563. The molecule has 0 fully saturated rings. The van der Waals surface area contributed by atoms with Crippen molar-refractivity contribution < 1.29 is 27.1 Å². The number of hydrogen-bond acceptors (Lipinski definition) is 5. The molecule has 1 aliphatic heterocycles. The van der Waals surface area contributed by atoms with Gasteiger partial charge in [0.15, 0.2) is 6.61 Å². The molecule has 10 heteroatoms. The van der Waals surface area contributed by atoms with E-state index in [-0.39, 0.29) is 28.7 Å². The van der Waals surface area contributed by atoms with Gasteiger partial charge in [0.1, 0.15) is 11.6 Å². The lowest BCUT2D eigenvalue weighted by molar-refractivity contribution is -0.118. The maximum Gasteiger partial charge on any atom is 0.262 e. The molecule has 0 bridgehead atoms. The lowest BCUT2D eigenvalue weighted by atomic mass is 10.1. The standard InChI is InChI=1S/C21H16FN3O5S/c22-14-2-1-3-16(11-14)25-31(28,29)17-7-5-15(6-8-17)23-21(27)13-4-9-19-18(10-13)24-20(26)12-30-19/h1-11,25H,12H2,(H,23,27)(H,24,26). The molecule has 3 aromatic rings. The number of halogens is 1. The molecule has 158 valence electrons. The van der Waals surface area contributed by atoms with E-state index in [0.29, 0.717) is 17.1 Å². The Labute approximate surface area is 177 Å². The molecule has 0 unspecified atom stereocenters. The topological polar surface area (TPSA) is 114 Å². The van der Waals surface area contributed by atoms with E-state index in [1.165, 1.54) is 48.5 Å². The number of amides is 2. The Hall–Kier alpha value is -3.92. The molecule has 0 radical (unpaired) electrons. The van der Waals surface area contributed by atoms with Crippen LogP contribution >= 0.6 is 0 Å². The molecule has 0 saturated carbocycles. The first-order valence-electron chi connectivity index (χ1n) is 9.07. The average Bonchev–Trinajstić information content (AvgIpc) is 2.73. The maximum atomic E-state index is 13.3. The Morgan fingerprint density at radius 3 is 2.52 bits per heavy atom. The van der Waals surface area contributed by atoms with Gasteiger partial charge < -0.3 is 15.4 Å². The van der Waals surface area contributed by atoms with Crippen LogP contribution in [0.3, 0.4) is 0 Å². The highest BCUT2D eigenvalue weighted by Crippen LogP contribution is 2.29. The van der Waals surface area contributed by atoms with Crippen molar-refractivity contribution in [2.45, 2.75) is 4.90 Å². The van der Waals surface area contributed by atoms with Crippen molar-refractivity contribution in [3.05, 3.63) is 78.1 Å². The van der Waals surface area contributed by atoms with Gasteiger partial charge in [-0.2, -0.15) is 0 Å². The summed E-state index contributed by atoms with van der Waals surface area (Å²) in [6.07, 6.45) is 0. The van der Waals surface area contributed by atoms with Gasteiger partial charge in [-0.1, -0.05) is 6.07 Å². The Morgan fingerprint density at radius 2 is 1.77 bits per heavy atom. The van der Waals surface area contributed by atoms with Crippen LogP contribution < -0.4 is 20.1 Å². The van der Waals surface area contributed by atoms with Crippen LogP contribution in [0, 0.1) is 5.82 Å². The highest BCUT2D eigenvalue weighted by atomic mass is 32.2. The number of benzene rings is 3. The Balaban J connectivity index is 1.46. The summed E-state index contributed by atoms with van der Waals surface area (Å²) in [6, 6.07) is 15.2. The Morgan fingerprint density at radius 1 is 1.00 bits per heavy atom. The number of hydrogen-bond donors (Lipinski definition) is 3. The van der Waals surface area contributed by atoms with Crippen molar-refractivity contribution in [3.8, 4) is 5.75 Å². The molecule has 0 aromatic heterocycles. The molecule has 2 amide bonds. The zero-order valence-corrected chi connectivity index (χ0v) is 16.7. The van der Waals surface area contributed by atoms with Crippen LogP contribution in [0.25, 0.3) is 0 Å². The fraction of sp³-hybridized carbons (Fsp3) is 0.0476. The number of anilines is 3. The number of carbonyl (C=O) groups is 2. The van der Waals surface area contributed by atoms with Crippen LogP contribution in [-0.4, -0.2) is 26.8 Å². The Bertz CT molecular complexity index is 1280. The summed E-state index contributed by atoms with van der Waals surface area (Å²) in [5.41, 5.74) is 1.15. The summed E-state index contributed by atoms with van der Waals surface area (Å²) in [5, 5.41) is 5.28. The monoisotopic (exact) mass is 441 g/mol. The van der Waals surface area contributed by atoms with Gasteiger partial charge >= 0.3 is 0 Å². The number of carbonyl (C=O) groups excluding carboxylic acids is 2. The first kappa shape index (κ1) is 20.4. The third-order valence-electron chi connectivity index (χ3n) is 4.37. The molecule has 0 saturated heterocycles. The number of rotatable bonds is 5. The van der Waals surface area contributed by atoms with Crippen molar-refractivity contribution >= 4 is 38.9 Å². The number of nitrogens with one attached hydrogen (secondary N) is 3. The minimum Gasteiger partial charge on any atom is -0.482 e. The molecular weight excluding hydrogens is 425 g/mol. The first-order valence-corrected chi connectivity index (χ1v) is 10.5. The molecule has 31 heavy (non-hydrogen) atoms. The number of fused-ring (bicyclic) bond motifs is 1. The van der Waals surface area contributed by atoms with Crippen LogP contribution in [0.2, 0.25) is 0 Å². The summed E-state index contributed by atoms with van der Waals surface area (Å²) in [7, 11) is -3.93. The van der Waals surface area contributed by atoms with E-state index in [4.69, 9.17) is 4.74 Å².